The largest absolute Gasteiger partial charge is 0.351 e. The highest BCUT2D eigenvalue weighted by atomic mass is 32.2. The molecule has 1 atom stereocenters. The van der Waals surface area contributed by atoms with Crippen LogP contribution < -0.4 is 16.6 Å². The zero-order valence-corrected chi connectivity index (χ0v) is 16.7. The number of nitrogens with two attached hydrogens (primary N) is 1. The molecule has 3 N–H and O–H groups in total. The number of rotatable bonds is 6. The Balaban J connectivity index is 2.05. The van der Waals surface area contributed by atoms with Gasteiger partial charge in [-0.05, 0) is 18.6 Å². The lowest BCUT2D eigenvalue weighted by Gasteiger charge is -2.13. The van der Waals surface area contributed by atoms with Crippen molar-refractivity contribution in [2.75, 3.05) is 0 Å². The molecule has 2 heterocycles. The summed E-state index contributed by atoms with van der Waals surface area (Å²) in [6.07, 6.45) is 1.59. The molecule has 0 fully saturated rings. The van der Waals surface area contributed by atoms with Crippen LogP contribution in [0.2, 0.25) is 0 Å². The standard InChI is InChI=1S/C19H18N4O3S2/c1-3-9-23-17(25)13-10-14(12-7-5-4-6-8-12)28-16(13)22-19(23)27-11(2)15(24)21-18(20)26/h3-8,10-11H,1,9H2,2H3,(H3,20,21,24,26). The summed E-state index contributed by atoms with van der Waals surface area (Å²) < 4.78 is 1.47. The lowest BCUT2D eigenvalue weighted by molar-refractivity contribution is -0.119. The van der Waals surface area contributed by atoms with E-state index in [1.165, 1.54) is 15.9 Å². The third kappa shape index (κ3) is 4.15. The second-order valence-corrected chi connectivity index (χ2v) is 8.25. The molecule has 1 unspecified atom stereocenters. The number of urea groups is 1. The van der Waals surface area contributed by atoms with Crippen LogP contribution in [0.15, 0.2) is 59.0 Å². The molecule has 0 radical (unpaired) electrons. The fourth-order valence-corrected chi connectivity index (χ4v) is 4.55. The number of nitrogens with one attached hydrogen (secondary N) is 1. The van der Waals surface area contributed by atoms with Gasteiger partial charge < -0.3 is 5.73 Å². The number of aromatic nitrogens is 2. The van der Waals surface area contributed by atoms with E-state index in [9.17, 15) is 14.4 Å². The van der Waals surface area contributed by atoms with Gasteiger partial charge in [-0.15, -0.1) is 17.9 Å². The van der Waals surface area contributed by atoms with E-state index >= 15 is 0 Å². The van der Waals surface area contributed by atoms with Gasteiger partial charge >= 0.3 is 6.03 Å². The molecule has 3 rings (SSSR count). The number of amides is 3. The van der Waals surface area contributed by atoms with Gasteiger partial charge in [-0.1, -0.05) is 48.2 Å². The minimum Gasteiger partial charge on any atom is -0.351 e. The Hall–Kier alpha value is -2.91. The summed E-state index contributed by atoms with van der Waals surface area (Å²) >= 11 is 2.50. The Morgan fingerprint density at radius 1 is 1.39 bits per heavy atom. The van der Waals surface area contributed by atoms with E-state index in [4.69, 9.17) is 5.73 Å². The molecule has 0 aliphatic rings. The van der Waals surface area contributed by atoms with E-state index in [1.807, 2.05) is 41.7 Å². The van der Waals surface area contributed by atoms with Gasteiger partial charge in [-0.3, -0.25) is 19.5 Å². The maximum absolute atomic E-state index is 13.0. The van der Waals surface area contributed by atoms with Crippen LogP contribution >= 0.6 is 23.1 Å². The maximum atomic E-state index is 13.0. The van der Waals surface area contributed by atoms with Crippen LogP contribution in [0.4, 0.5) is 4.79 Å². The fraction of sp³-hybridized carbons (Fsp3) is 0.158. The molecule has 1 aromatic carbocycles. The summed E-state index contributed by atoms with van der Waals surface area (Å²) in [6.45, 7) is 5.56. The Kier molecular flexibility index (Phi) is 5.96. The molecule has 144 valence electrons. The molecule has 28 heavy (non-hydrogen) atoms. The summed E-state index contributed by atoms with van der Waals surface area (Å²) in [5.74, 6) is -0.548. The predicted octanol–water partition coefficient (Wildman–Crippen LogP) is 2.99. The van der Waals surface area contributed by atoms with Gasteiger partial charge in [0.25, 0.3) is 5.56 Å². The van der Waals surface area contributed by atoms with E-state index in [2.05, 4.69) is 11.6 Å². The van der Waals surface area contributed by atoms with Crippen LogP contribution in [-0.2, 0) is 11.3 Å². The number of primary amides is 1. The Labute approximate surface area is 169 Å². The molecule has 0 saturated carbocycles. The number of allylic oxidation sites excluding steroid dienone is 1. The van der Waals surface area contributed by atoms with Gasteiger partial charge in [0.2, 0.25) is 5.91 Å². The van der Waals surface area contributed by atoms with Gasteiger partial charge in [0.15, 0.2) is 5.16 Å². The quantitative estimate of drug-likeness (QED) is 0.366. The average Bonchev–Trinajstić information content (AvgIpc) is 3.09. The van der Waals surface area contributed by atoms with Crippen molar-refractivity contribution in [3.8, 4) is 10.4 Å². The Bertz CT molecular complexity index is 1110. The minimum absolute atomic E-state index is 0.201. The van der Waals surface area contributed by atoms with Crippen molar-refractivity contribution in [1.82, 2.24) is 14.9 Å². The number of nitrogens with zero attached hydrogens (tertiary/aromatic N) is 2. The maximum Gasteiger partial charge on any atom is 0.318 e. The van der Waals surface area contributed by atoms with Gasteiger partial charge in [0, 0.05) is 11.4 Å². The van der Waals surface area contributed by atoms with Gasteiger partial charge in [0.1, 0.15) is 4.83 Å². The molecular formula is C19H18N4O3S2. The van der Waals surface area contributed by atoms with Gasteiger partial charge in [0.05, 0.1) is 10.6 Å². The monoisotopic (exact) mass is 414 g/mol. The van der Waals surface area contributed by atoms with E-state index < -0.39 is 17.2 Å². The number of imide groups is 1. The van der Waals surface area contributed by atoms with Crippen molar-refractivity contribution in [3.05, 3.63) is 59.4 Å². The highest BCUT2D eigenvalue weighted by Crippen LogP contribution is 2.32. The number of fused-ring (bicyclic) bond motifs is 1. The van der Waals surface area contributed by atoms with Crippen LogP contribution in [0.3, 0.4) is 0 Å². The lowest BCUT2D eigenvalue weighted by atomic mass is 10.2. The summed E-state index contributed by atoms with van der Waals surface area (Å²) in [6, 6.07) is 10.7. The first-order chi connectivity index (χ1) is 13.4. The van der Waals surface area contributed by atoms with Gasteiger partial charge in [-0.2, -0.15) is 0 Å². The average molecular weight is 415 g/mol. The molecule has 0 aliphatic carbocycles. The van der Waals surface area contributed by atoms with Crippen LogP contribution in [0, 0.1) is 0 Å². The molecular weight excluding hydrogens is 396 g/mol. The van der Waals surface area contributed by atoms with Crippen LogP contribution in [-0.4, -0.2) is 26.7 Å². The van der Waals surface area contributed by atoms with Crippen molar-refractivity contribution < 1.29 is 9.59 Å². The van der Waals surface area contributed by atoms with Crippen molar-refractivity contribution in [3.63, 3.8) is 0 Å². The zero-order valence-electron chi connectivity index (χ0n) is 15.0. The SMILES string of the molecule is C=CCn1c(SC(C)C(=O)NC(N)=O)nc2sc(-c3ccccc3)cc2c1=O. The van der Waals surface area contributed by atoms with E-state index in [1.54, 1.807) is 13.0 Å². The van der Waals surface area contributed by atoms with E-state index in [0.29, 0.717) is 15.4 Å². The molecule has 7 nitrogen and oxygen atoms in total. The van der Waals surface area contributed by atoms with E-state index in [0.717, 1.165) is 22.2 Å². The number of thiophene rings is 1. The number of benzene rings is 1. The Morgan fingerprint density at radius 2 is 2.11 bits per heavy atom. The fourth-order valence-electron chi connectivity index (χ4n) is 2.56. The van der Waals surface area contributed by atoms with Gasteiger partial charge in [-0.25, -0.2) is 9.78 Å². The molecule has 0 aliphatic heterocycles. The van der Waals surface area contributed by atoms with Crippen molar-refractivity contribution >= 4 is 45.3 Å². The first kappa shape index (κ1) is 19.8. The number of carbonyl (C=O) groups excluding carboxylic acids is 2. The first-order valence-corrected chi connectivity index (χ1v) is 10.1. The second kappa shape index (κ2) is 8.41. The molecule has 3 amide bonds. The van der Waals surface area contributed by atoms with Crippen LogP contribution in [0.5, 0.6) is 0 Å². The molecule has 3 aromatic rings. The highest BCUT2D eigenvalue weighted by Gasteiger charge is 2.21. The zero-order chi connectivity index (χ0) is 20.3. The molecule has 0 spiro atoms. The number of thioether (sulfide) groups is 1. The second-order valence-electron chi connectivity index (χ2n) is 5.91. The number of hydrogen-bond donors (Lipinski definition) is 2. The first-order valence-electron chi connectivity index (χ1n) is 8.38. The summed E-state index contributed by atoms with van der Waals surface area (Å²) in [7, 11) is 0. The van der Waals surface area contributed by atoms with Crippen LogP contribution in [0.25, 0.3) is 20.7 Å². The van der Waals surface area contributed by atoms with Crippen LogP contribution in [0.1, 0.15) is 6.92 Å². The molecule has 0 bridgehead atoms. The summed E-state index contributed by atoms with van der Waals surface area (Å²) in [5.41, 5.74) is 5.80. The normalized spacial score (nSPS) is 11.9. The molecule has 0 saturated heterocycles. The third-order valence-electron chi connectivity index (χ3n) is 3.88. The smallest absolute Gasteiger partial charge is 0.318 e. The highest BCUT2D eigenvalue weighted by molar-refractivity contribution is 8.00. The third-order valence-corrected chi connectivity index (χ3v) is 6.05. The molecule has 2 aromatic heterocycles. The lowest BCUT2D eigenvalue weighted by Crippen LogP contribution is -2.39. The number of carbonyl (C=O) groups is 2. The van der Waals surface area contributed by atoms with Crippen molar-refractivity contribution in [2.24, 2.45) is 5.73 Å². The summed E-state index contributed by atoms with van der Waals surface area (Å²) in [4.78, 5) is 42.0. The summed E-state index contributed by atoms with van der Waals surface area (Å²) in [5, 5.41) is 2.27. The minimum atomic E-state index is -0.921. The topological polar surface area (TPSA) is 107 Å². The molecule has 9 heteroatoms. The van der Waals surface area contributed by atoms with Crippen molar-refractivity contribution in [1.29, 1.82) is 0 Å². The predicted molar refractivity (Wildman–Crippen MR) is 113 cm³/mol. The Morgan fingerprint density at radius 3 is 2.75 bits per heavy atom. The van der Waals surface area contributed by atoms with Crippen molar-refractivity contribution in [2.45, 2.75) is 23.9 Å². The number of hydrogen-bond acceptors (Lipinski definition) is 6. The van der Waals surface area contributed by atoms with E-state index in [-0.39, 0.29) is 12.1 Å².